The zero-order valence-corrected chi connectivity index (χ0v) is 10.1. The molecule has 3 atom stereocenters. The lowest BCUT2D eigenvalue weighted by Crippen LogP contribution is -2.25. The van der Waals surface area contributed by atoms with Crippen LogP contribution in [0.2, 0.25) is 5.02 Å². The number of hydrogen-bond donors (Lipinski definition) is 2. The van der Waals surface area contributed by atoms with Gasteiger partial charge in [0.05, 0.1) is 6.10 Å². The average molecular weight is 255 g/mol. The van der Waals surface area contributed by atoms with Crippen molar-refractivity contribution in [1.29, 1.82) is 0 Å². The summed E-state index contributed by atoms with van der Waals surface area (Å²) in [6.07, 6.45) is 3.26. The molecule has 0 spiro atoms. The van der Waals surface area contributed by atoms with Gasteiger partial charge in [0.1, 0.15) is 17.2 Å². The first-order valence-electron chi connectivity index (χ1n) is 5.86. The van der Waals surface area contributed by atoms with E-state index >= 15 is 0 Å². The molecule has 0 amide bonds. The van der Waals surface area contributed by atoms with Crippen LogP contribution in [0.25, 0.3) is 0 Å². The zero-order chi connectivity index (χ0) is 12.0. The maximum absolute atomic E-state index is 9.87. The van der Waals surface area contributed by atoms with Crippen molar-refractivity contribution in [3.05, 3.63) is 11.3 Å². The van der Waals surface area contributed by atoms with Gasteiger partial charge in [0.2, 0.25) is 0 Å². The molecule has 1 saturated carbocycles. The first-order valence-corrected chi connectivity index (χ1v) is 6.23. The predicted octanol–water partition coefficient (Wildman–Crippen LogP) is 0.919. The lowest BCUT2D eigenvalue weighted by Gasteiger charge is -2.20. The molecule has 1 aromatic heterocycles. The van der Waals surface area contributed by atoms with Crippen LogP contribution >= 0.6 is 11.6 Å². The Morgan fingerprint density at radius 3 is 2.94 bits per heavy atom. The average Bonchev–Trinajstić information content (AvgIpc) is 2.85. The molecule has 3 N–H and O–H groups in total. The summed E-state index contributed by atoms with van der Waals surface area (Å²) in [5.41, 5.74) is 5.67. The number of hydrogen-bond acceptors (Lipinski definition) is 5. The summed E-state index contributed by atoms with van der Waals surface area (Å²) < 4.78 is 0. The Labute approximate surface area is 105 Å². The molecule has 3 rings (SSSR count). The predicted molar refractivity (Wildman–Crippen MR) is 65.9 cm³/mol. The van der Waals surface area contributed by atoms with Crippen molar-refractivity contribution in [2.24, 2.45) is 11.8 Å². The van der Waals surface area contributed by atoms with Gasteiger partial charge in [-0.1, -0.05) is 11.6 Å². The van der Waals surface area contributed by atoms with E-state index in [0.29, 0.717) is 28.5 Å². The Hall–Kier alpha value is -1.07. The van der Waals surface area contributed by atoms with Gasteiger partial charge in [-0.05, 0) is 18.8 Å². The molecule has 2 heterocycles. The molecule has 1 aliphatic heterocycles. The third kappa shape index (κ3) is 1.73. The molecule has 6 heteroatoms. The minimum absolute atomic E-state index is 0.178. The van der Waals surface area contributed by atoms with Gasteiger partial charge in [-0.15, -0.1) is 0 Å². The third-order valence-corrected chi connectivity index (χ3v) is 4.28. The van der Waals surface area contributed by atoms with Crippen LogP contribution in [0, 0.1) is 11.8 Å². The molecule has 92 valence electrons. The highest BCUT2D eigenvalue weighted by Gasteiger charge is 2.42. The van der Waals surface area contributed by atoms with Crippen LogP contribution in [-0.4, -0.2) is 34.3 Å². The second-order valence-corrected chi connectivity index (χ2v) is 5.25. The largest absolute Gasteiger partial charge is 0.393 e. The first kappa shape index (κ1) is 11.0. The Kier molecular flexibility index (Phi) is 2.60. The fourth-order valence-corrected chi connectivity index (χ4v) is 3.22. The fraction of sp³-hybridized carbons (Fsp3) is 0.636. The lowest BCUT2D eigenvalue weighted by molar-refractivity contribution is 0.133. The summed E-state index contributed by atoms with van der Waals surface area (Å²) >= 11 is 6.11. The summed E-state index contributed by atoms with van der Waals surface area (Å²) in [4.78, 5) is 10.2. The van der Waals surface area contributed by atoms with Crippen molar-refractivity contribution in [2.45, 2.75) is 18.9 Å². The van der Waals surface area contributed by atoms with E-state index in [-0.39, 0.29) is 6.10 Å². The molecule has 0 aromatic carbocycles. The van der Waals surface area contributed by atoms with E-state index in [9.17, 15) is 5.11 Å². The van der Waals surface area contributed by atoms with Gasteiger partial charge in [-0.25, -0.2) is 9.97 Å². The molecule has 2 fully saturated rings. The van der Waals surface area contributed by atoms with E-state index in [1.54, 1.807) is 0 Å². The van der Waals surface area contributed by atoms with Crippen molar-refractivity contribution in [1.82, 2.24) is 9.97 Å². The van der Waals surface area contributed by atoms with Crippen LogP contribution in [0.1, 0.15) is 12.8 Å². The highest BCUT2D eigenvalue weighted by Crippen LogP contribution is 2.41. The molecular formula is C11H15ClN4O. The standard InChI is InChI=1S/C11H15ClN4O/c12-9-10(13)14-5-15-11(9)16-3-6-1-2-8(17)7(6)4-16/h5-8,17H,1-4H2,(H2,13,14,15). The smallest absolute Gasteiger partial charge is 0.153 e. The number of rotatable bonds is 1. The molecule has 1 saturated heterocycles. The van der Waals surface area contributed by atoms with Crippen LogP contribution in [0.5, 0.6) is 0 Å². The number of anilines is 2. The minimum atomic E-state index is -0.178. The highest BCUT2D eigenvalue weighted by molar-refractivity contribution is 6.35. The number of nitrogen functional groups attached to an aromatic ring is 1. The van der Waals surface area contributed by atoms with Crippen molar-refractivity contribution in [2.75, 3.05) is 23.7 Å². The van der Waals surface area contributed by atoms with Crippen molar-refractivity contribution in [3.63, 3.8) is 0 Å². The highest BCUT2D eigenvalue weighted by atomic mass is 35.5. The van der Waals surface area contributed by atoms with Crippen molar-refractivity contribution >= 4 is 23.2 Å². The second kappa shape index (κ2) is 3.99. The van der Waals surface area contributed by atoms with Crippen LogP contribution < -0.4 is 10.6 Å². The van der Waals surface area contributed by atoms with Gasteiger partial charge in [0.15, 0.2) is 5.82 Å². The van der Waals surface area contributed by atoms with Gasteiger partial charge in [0.25, 0.3) is 0 Å². The Morgan fingerprint density at radius 1 is 1.35 bits per heavy atom. The summed E-state index contributed by atoms with van der Waals surface area (Å²) in [6, 6.07) is 0. The number of nitrogens with two attached hydrogens (primary N) is 1. The number of aromatic nitrogens is 2. The number of fused-ring (bicyclic) bond motifs is 1. The van der Waals surface area contributed by atoms with Crippen molar-refractivity contribution in [3.8, 4) is 0 Å². The monoisotopic (exact) mass is 254 g/mol. The van der Waals surface area contributed by atoms with Gasteiger partial charge in [-0.2, -0.15) is 0 Å². The Balaban J connectivity index is 1.85. The number of nitrogens with zero attached hydrogens (tertiary/aromatic N) is 3. The van der Waals surface area contributed by atoms with E-state index in [4.69, 9.17) is 17.3 Å². The van der Waals surface area contributed by atoms with Gasteiger partial charge < -0.3 is 15.7 Å². The van der Waals surface area contributed by atoms with E-state index in [1.165, 1.54) is 6.33 Å². The molecule has 17 heavy (non-hydrogen) atoms. The second-order valence-electron chi connectivity index (χ2n) is 4.87. The minimum Gasteiger partial charge on any atom is -0.393 e. The molecule has 1 aliphatic carbocycles. The molecule has 2 aliphatic rings. The SMILES string of the molecule is Nc1ncnc(N2CC3CCC(O)C3C2)c1Cl. The molecule has 0 radical (unpaired) electrons. The fourth-order valence-electron chi connectivity index (χ4n) is 3.00. The van der Waals surface area contributed by atoms with Crippen LogP contribution in [0.15, 0.2) is 6.33 Å². The maximum Gasteiger partial charge on any atom is 0.153 e. The van der Waals surface area contributed by atoms with E-state index in [1.807, 2.05) is 0 Å². The van der Waals surface area contributed by atoms with Crippen LogP contribution in [-0.2, 0) is 0 Å². The molecule has 3 unspecified atom stereocenters. The molecular weight excluding hydrogens is 240 g/mol. The van der Waals surface area contributed by atoms with Crippen LogP contribution in [0.3, 0.4) is 0 Å². The Bertz CT molecular complexity index is 441. The van der Waals surface area contributed by atoms with E-state index < -0.39 is 0 Å². The number of aliphatic hydroxyl groups excluding tert-OH is 1. The summed E-state index contributed by atoms with van der Waals surface area (Å²) in [5.74, 6) is 1.91. The summed E-state index contributed by atoms with van der Waals surface area (Å²) in [5, 5.41) is 10.3. The van der Waals surface area contributed by atoms with E-state index in [2.05, 4.69) is 14.9 Å². The quantitative estimate of drug-likeness (QED) is 0.780. The lowest BCUT2D eigenvalue weighted by atomic mass is 10.00. The topological polar surface area (TPSA) is 75.3 Å². The maximum atomic E-state index is 9.87. The number of aliphatic hydroxyl groups is 1. The van der Waals surface area contributed by atoms with Crippen molar-refractivity contribution < 1.29 is 5.11 Å². The number of halogens is 1. The normalized spacial score (nSPS) is 31.9. The molecule has 5 nitrogen and oxygen atoms in total. The summed E-state index contributed by atoms with van der Waals surface area (Å²) in [6.45, 7) is 1.71. The summed E-state index contributed by atoms with van der Waals surface area (Å²) in [7, 11) is 0. The zero-order valence-electron chi connectivity index (χ0n) is 9.38. The molecule has 0 bridgehead atoms. The first-order chi connectivity index (χ1) is 8.16. The van der Waals surface area contributed by atoms with Gasteiger partial charge in [0, 0.05) is 19.0 Å². The van der Waals surface area contributed by atoms with Gasteiger partial charge >= 0.3 is 0 Å². The van der Waals surface area contributed by atoms with E-state index in [0.717, 1.165) is 25.9 Å². The third-order valence-electron chi connectivity index (χ3n) is 3.92. The van der Waals surface area contributed by atoms with Gasteiger partial charge in [-0.3, -0.25) is 0 Å². The van der Waals surface area contributed by atoms with Crippen LogP contribution in [0.4, 0.5) is 11.6 Å². The Morgan fingerprint density at radius 2 is 2.18 bits per heavy atom. The molecule has 1 aromatic rings.